The molecule has 0 aliphatic carbocycles. The molecule has 4 rings (SSSR count). The van der Waals surface area contributed by atoms with E-state index in [9.17, 15) is 14.7 Å². The second kappa shape index (κ2) is 9.32. The number of amides is 2. The predicted molar refractivity (Wildman–Crippen MR) is 124 cm³/mol. The molecule has 0 fully saturated rings. The third-order valence-corrected chi connectivity index (χ3v) is 4.45. The number of nitrogens with one attached hydrogen (secondary N) is 1. The lowest BCUT2D eigenvalue weighted by atomic mass is 10.1. The standard InChI is InChI=1S/C13H13N3O.C11H9NO2/c14-10-6-4-9(5-7-10)13(17)16-12-3-1-2-11(15)8-12;12-11(14)9-5-7-3-1-2-4-8(7)6-10(9)13/h1-8H,14-15H2,(H,16,17);1-6,13H,(H2,12,14). The van der Waals surface area contributed by atoms with Gasteiger partial charge in [0, 0.05) is 22.6 Å². The number of aromatic hydroxyl groups is 1. The van der Waals surface area contributed by atoms with Gasteiger partial charge >= 0.3 is 0 Å². The van der Waals surface area contributed by atoms with Gasteiger partial charge in [0.25, 0.3) is 11.8 Å². The highest BCUT2D eigenvalue weighted by atomic mass is 16.3. The van der Waals surface area contributed by atoms with E-state index >= 15 is 0 Å². The van der Waals surface area contributed by atoms with Crippen molar-refractivity contribution < 1.29 is 14.7 Å². The number of benzene rings is 4. The minimum atomic E-state index is -0.617. The van der Waals surface area contributed by atoms with Gasteiger partial charge in [0.1, 0.15) is 5.75 Å². The number of anilines is 3. The SMILES string of the molecule is NC(=O)c1cc2ccccc2cc1O.Nc1ccc(C(=O)Nc2cccc(N)c2)cc1. The minimum Gasteiger partial charge on any atom is -0.507 e. The van der Waals surface area contributed by atoms with Crippen LogP contribution in [-0.2, 0) is 0 Å². The summed E-state index contributed by atoms with van der Waals surface area (Å²) < 4.78 is 0. The van der Waals surface area contributed by atoms with Crippen LogP contribution in [0.4, 0.5) is 17.1 Å². The molecule has 156 valence electrons. The fraction of sp³-hybridized carbons (Fsp3) is 0. The molecule has 0 saturated carbocycles. The van der Waals surface area contributed by atoms with Crippen molar-refractivity contribution in [2.45, 2.75) is 0 Å². The van der Waals surface area contributed by atoms with Gasteiger partial charge < -0.3 is 27.6 Å². The van der Waals surface area contributed by atoms with Crippen molar-refractivity contribution in [3.05, 3.63) is 96.1 Å². The number of nitrogens with two attached hydrogens (primary N) is 3. The number of nitrogen functional groups attached to an aromatic ring is 2. The van der Waals surface area contributed by atoms with Crippen LogP contribution in [0.1, 0.15) is 20.7 Å². The van der Waals surface area contributed by atoms with E-state index in [-0.39, 0.29) is 17.2 Å². The molecule has 4 aromatic carbocycles. The first kappa shape index (κ1) is 21.2. The Kier molecular flexibility index (Phi) is 6.37. The molecule has 8 N–H and O–H groups in total. The van der Waals surface area contributed by atoms with E-state index in [1.807, 2.05) is 24.3 Å². The van der Waals surface area contributed by atoms with Gasteiger partial charge in [0.2, 0.25) is 0 Å². The fourth-order valence-electron chi connectivity index (χ4n) is 2.88. The number of hydrogen-bond acceptors (Lipinski definition) is 5. The zero-order valence-electron chi connectivity index (χ0n) is 16.6. The molecule has 0 saturated heterocycles. The largest absolute Gasteiger partial charge is 0.507 e. The lowest BCUT2D eigenvalue weighted by Crippen LogP contribution is -2.11. The zero-order chi connectivity index (χ0) is 22.4. The summed E-state index contributed by atoms with van der Waals surface area (Å²) in [6, 6.07) is 24.4. The Bertz CT molecular complexity index is 1240. The van der Waals surface area contributed by atoms with Gasteiger partial charge in [-0.05, 0) is 65.4 Å². The van der Waals surface area contributed by atoms with Crippen LogP contribution in [0.5, 0.6) is 5.75 Å². The van der Waals surface area contributed by atoms with Crippen LogP contribution in [-0.4, -0.2) is 16.9 Å². The topological polar surface area (TPSA) is 144 Å². The summed E-state index contributed by atoms with van der Waals surface area (Å²) in [6.45, 7) is 0. The Morgan fingerprint density at radius 2 is 1.39 bits per heavy atom. The molecule has 7 heteroatoms. The highest BCUT2D eigenvalue weighted by Crippen LogP contribution is 2.24. The molecule has 0 heterocycles. The quantitative estimate of drug-likeness (QED) is 0.324. The second-order valence-electron chi connectivity index (χ2n) is 6.78. The number of primary amides is 1. The number of phenols is 1. The molecule has 0 radical (unpaired) electrons. The average Bonchev–Trinajstić information content (AvgIpc) is 2.74. The molecule has 7 nitrogen and oxygen atoms in total. The van der Waals surface area contributed by atoms with Crippen LogP contribution < -0.4 is 22.5 Å². The third-order valence-electron chi connectivity index (χ3n) is 4.45. The second-order valence-corrected chi connectivity index (χ2v) is 6.78. The lowest BCUT2D eigenvalue weighted by Gasteiger charge is -2.06. The maximum Gasteiger partial charge on any atom is 0.255 e. The Hall–Kier alpha value is -4.52. The normalized spacial score (nSPS) is 10.1. The van der Waals surface area contributed by atoms with Crippen LogP contribution in [0.25, 0.3) is 10.8 Å². The van der Waals surface area contributed by atoms with Gasteiger partial charge in [-0.3, -0.25) is 9.59 Å². The maximum atomic E-state index is 11.8. The highest BCUT2D eigenvalue weighted by molar-refractivity contribution is 6.04. The van der Waals surface area contributed by atoms with Gasteiger partial charge in [-0.1, -0.05) is 30.3 Å². The van der Waals surface area contributed by atoms with E-state index < -0.39 is 5.91 Å². The van der Waals surface area contributed by atoms with Crippen molar-refractivity contribution >= 4 is 39.6 Å². The molecule has 31 heavy (non-hydrogen) atoms. The molecule has 0 atom stereocenters. The van der Waals surface area contributed by atoms with Gasteiger partial charge in [0.05, 0.1) is 5.56 Å². The number of carbonyl (C=O) groups is 2. The number of carbonyl (C=O) groups excluding carboxylic acids is 2. The summed E-state index contributed by atoms with van der Waals surface area (Å²) in [7, 11) is 0. The van der Waals surface area contributed by atoms with Gasteiger partial charge in [0.15, 0.2) is 0 Å². The first-order valence-corrected chi connectivity index (χ1v) is 9.37. The van der Waals surface area contributed by atoms with E-state index in [1.165, 1.54) is 6.07 Å². The van der Waals surface area contributed by atoms with Crippen molar-refractivity contribution in [2.24, 2.45) is 5.73 Å². The maximum absolute atomic E-state index is 11.8. The van der Waals surface area contributed by atoms with Crippen molar-refractivity contribution in [1.82, 2.24) is 0 Å². The molecule has 0 spiro atoms. The average molecular weight is 414 g/mol. The van der Waals surface area contributed by atoms with E-state index in [0.29, 0.717) is 22.6 Å². The van der Waals surface area contributed by atoms with E-state index in [0.717, 1.165) is 10.8 Å². The monoisotopic (exact) mass is 414 g/mol. The molecule has 0 unspecified atom stereocenters. The van der Waals surface area contributed by atoms with Crippen LogP contribution in [0.3, 0.4) is 0 Å². The summed E-state index contributed by atoms with van der Waals surface area (Å²) >= 11 is 0. The van der Waals surface area contributed by atoms with Crippen molar-refractivity contribution in [2.75, 3.05) is 16.8 Å². The first-order chi connectivity index (χ1) is 14.8. The van der Waals surface area contributed by atoms with Crippen molar-refractivity contribution in [3.63, 3.8) is 0 Å². The molecule has 0 aliphatic heterocycles. The third kappa shape index (κ3) is 5.51. The Morgan fingerprint density at radius 3 is 2.00 bits per heavy atom. The summed E-state index contributed by atoms with van der Waals surface area (Å²) in [5.41, 5.74) is 18.9. The van der Waals surface area contributed by atoms with Crippen LogP contribution in [0.15, 0.2) is 84.9 Å². The number of fused-ring (bicyclic) bond motifs is 1. The molecule has 0 aliphatic rings. The minimum absolute atomic E-state index is 0.0730. The van der Waals surface area contributed by atoms with E-state index in [2.05, 4.69) is 5.32 Å². The van der Waals surface area contributed by atoms with Crippen LogP contribution in [0, 0.1) is 0 Å². The molecular formula is C24H22N4O3. The van der Waals surface area contributed by atoms with Crippen molar-refractivity contribution in [1.29, 1.82) is 0 Å². The molecular weight excluding hydrogens is 392 g/mol. The molecule has 0 aromatic heterocycles. The highest BCUT2D eigenvalue weighted by Gasteiger charge is 2.08. The fourth-order valence-corrected chi connectivity index (χ4v) is 2.88. The predicted octanol–water partition coefficient (Wildman–Crippen LogP) is 3.75. The smallest absolute Gasteiger partial charge is 0.255 e. The Balaban J connectivity index is 0.000000179. The Labute approximate surface area is 179 Å². The molecule has 0 bridgehead atoms. The van der Waals surface area contributed by atoms with Crippen molar-refractivity contribution in [3.8, 4) is 5.75 Å². The molecule has 4 aromatic rings. The summed E-state index contributed by atoms with van der Waals surface area (Å²) in [5.74, 6) is -0.875. The van der Waals surface area contributed by atoms with Gasteiger partial charge in [-0.15, -0.1) is 0 Å². The number of rotatable bonds is 3. The zero-order valence-corrected chi connectivity index (χ0v) is 16.6. The van der Waals surface area contributed by atoms with E-state index in [1.54, 1.807) is 54.6 Å². The summed E-state index contributed by atoms with van der Waals surface area (Å²) in [4.78, 5) is 22.8. The van der Waals surface area contributed by atoms with Gasteiger partial charge in [-0.2, -0.15) is 0 Å². The number of hydrogen-bond donors (Lipinski definition) is 5. The van der Waals surface area contributed by atoms with Gasteiger partial charge in [-0.25, -0.2) is 0 Å². The summed E-state index contributed by atoms with van der Waals surface area (Å²) in [5, 5.41) is 14.0. The Morgan fingerprint density at radius 1 is 0.742 bits per heavy atom. The van der Waals surface area contributed by atoms with Crippen LogP contribution >= 0.6 is 0 Å². The summed E-state index contributed by atoms with van der Waals surface area (Å²) in [6.07, 6.45) is 0. The van der Waals surface area contributed by atoms with E-state index in [4.69, 9.17) is 17.2 Å². The molecule has 2 amide bonds. The first-order valence-electron chi connectivity index (χ1n) is 9.37. The lowest BCUT2D eigenvalue weighted by molar-refractivity contribution is 0.0995. The van der Waals surface area contributed by atoms with Crippen LogP contribution in [0.2, 0.25) is 0 Å².